The molecular formula is C31H32N4O8S2. The highest BCUT2D eigenvalue weighted by molar-refractivity contribution is 7.93. The minimum atomic E-state index is -4.21. The molecule has 0 atom stereocenters. The first kappa shape index (κ1) is 31.9. The fourth-order valence-corrected chi connectivity index (χ4v) is 6.22. The first-order valence-corrected chi connectivity index (χ1v) is 15.9. The van der Waals surface area contributed by atoms with E-state index in [4.69, 9.17) is 23.7 Å². The lowest BCUT2D eigenvalue weighted by atomic mass is 10.1. The van der Waals surface area contributed by atoms with Crippen LogP contribution < -0.4 is 23.7 Å². The van der Waals surface area contributed by atoms with Gasteiger partial charge in [0.25, 0.3) is 15.9 Å². The SMILES string of the molecule is COc1cccc(Oc2c(NS(=O)(=O)c3ccc(C)cc3S)cc(C(=O)N3CCOCC3)cc2OCCOc2ncccn2)c1. The molecule has 3 aromatic carbocycles. The van der Waals surface area contributed by atoms with Gasteiger partial charge in [0.2, 0.25) is 0 Å². The van der Waals surface area contributed by atoms with Gasteiger partial charge in [0, 0.05) is 42.0 Å². The van der Waals surface area contributed by atoms with Crippen molar-refractivity contribution in [1.29, 1.82) is 0 Å². The molecule has 1 N–H and O–H groups in total. The van der Waals surface area contributed by atoms with Crippen LogP contribution in [0.25, 0.3) is 0 Å². The molecule has 0 radical (unpaired) electrons. The summed E-state index contributed by atoms with van der Waals surface area (Å²) in [6.45, 7) is 3.43. The van der Waals surface area contributed by atoms with Crippen LogP contribution in [-0.2, 0) is 14.8 Å². The number of carbonyl (C=O) groups excluding carboxylic acids is 1. The lowest BCUT2D eigenvalue weighted by Gasteiger charge is -2.27. The molecule has 1 aromatic heterocycles. The minimum absolute atomic E-state index is 0.00708. The van der Waals surface area contributed by atoms with Gasteiger partial charge in [0.15, 0.2) is 11.5 Å². The lowest BCUT2D eigenvalue weighted by molar-refractivity contribution is 0.0302. The molecule has 45 heavy (non-hydrogen) atoms. The van der Waals surface area contributed by atoms with E-state index in [0.717, 1.165) is 5.56 Å². The molecule has 4 aromatic rings. The standard InChI is InChI=1S/C31H32N4O8S2/c1-21-7-8-28(27(44)17-21)45(37,38)34-25-18-22(30(36)35-11-13-40-14-12-35)19-26(41-15-16-42-31-32-9-4-10-33-31)29(25)43-24-6-3-5-23(20-24)39-2/h3-10,17-20,34,44H,11-16H2,1-2H3. The smallest absolute Gasteiger partial charge is 0.316 e. The summed E-state index contributed by atoms with van der Waals surface area (Å²) < 4.78 is 58.7. The fraction of sp³-hybridized carbons (Fsp3) is 0.258. The first-order valence-electron chi connectivity index (χ1n) is 14.0. The number of nitrogens with zero attached hydrogens (tertiary/aromatic N) is 3. The van der Waals surface area contributed by atoms with Crippen molar-refractivity contribution in [3.63, 3.8) is 0 Å². The lowest BCUT2D eigenvalue weighted by Crippen LogP contribution is -2.40. The molecule has 14 heteroatoms. The van der Waals surface area contributed by atoms with Gasteiger partial charge >= 0.3 is 6.01 Å². The third-order valence-electron chi connectivity index (χ3n) is 6.62. The molecule has 1 amide bonds. The molecule has 5 rings (SSSR count). The van der Waals surface area contributed by atoms with E-state index in [1.807, 2.05) is 6.92 Å². The average molecular weight is 653 g/mol. The minimum Gasteiger partial charge on any atom is -0.497 e. The number of aromatic nitrogens is 2. The maximum atomic E-state index is 13.7. The molecule has 0 saturated carbocycles. The van der Waals surface area contributed by atoms with E-state index in [1.165, 1.54) is 25.3 Å². The van der Waals surface area contributed by atoms with Crippen LogP contribution in [0.15, 0.2) is 82.8 Å². The third-order valence-corrected chi connectivity index (χ3v) is 8.57. The summed E-state index contributed by atoms with van der Waals surface area (Å²) in [7, 11) is -2.69. The number of morpholine rings is 1. The Kier molecular flexibility index (Phi) is 10.3. The van der Waals surface area contributed by atoms with Gasteiger partial charge in [0.05, 0.1) is 26.0 Å². The summed E-state index contributed by atoms with van der Waals surface area (Å²) in [5, 5.41) is 0. The van der Waals surface area contributed by atoms with E-state index in [2.05, 4.69) is 27.3 Å². The molecule has 0 spiro atoms. The second kappa shape index (κ2) is 14.5. The van der Waals surface area contributed by atoms with E-state index in [1.54, 1.807) is 59.8 Å². The summed E-state index contributed by atoms with van der Waals surface area (Å²) >= 11 is 4.40. The van der Waals surface area contributed by atoms with E-state index >= 15 is 0 Å². The Labute approximate surface area is 266 Å². The molecule has 1 aliphatic rings. The number of amides is 1. The molecule has 0 bridgehead atoms. The Hall–Kier alpha value is -4.53. The van der Waals surface area contributed by atoms with Crippen LogP contribution in [0, 0.1) is 6.92 Å². The monoisotopic (exact) mass is 652 g/mol. The molecule has 1 aliphatic heterocycles. The van der Waals surface area contributed by atoms with E-state index in [9.17, 15) is 13.2 Å². The van der Waals surface area contributed by atoms with Crippen LogP contribution in [0.2, 0.25) is 0 Å². The van der Waals surface area contributed by atoms with Crippen LogP contribution in [-0.4, -0.2) is 75.8 Å². The zero-order valence-electron chi connectivity index (χ0n) is 24.6. The van der Waals surface area contributed by atoms with Gasteiger partial charge in [-0.1, -0.05) is 12.1 Å². The Morgan fingerprint density at radius 2 is 1.71 bits per heavy atom. The van der Waals surface area contributed by atoms with E-state index in [0.29, 0.717) is 37.8 Å². The van der Waals surface area contributed by atoms with Gasteiger partial charge in [0.1, 0.15) is 29.6 Å². The molecule has 1 saturated heterocycles. The maximum Gasteiger partial charge on any atom is 0.316 e. The van der Waals surface area contributed by atoms with E-state index in [-0.39, 0.29) is 57.7 Å². The van der Waals surface area contributed by atoms with Crippen LogP contribution >= 0.6 is 12.6 Å². The van der Waals surface area contributed by atoms with Crippen molar-refractivity contribution in [3.05, 3.63) is 84.2 Å². The second-order valence-corrected chi connectivity index (χ2v) is 12.0. The van der Waals surface area contributed by atoms with Crippen LogP contribution in [0.4, 0.5) is 5.69 Å². The molecule has 0 aliphatic carbocycles. The van der Waals surface area contributed by atoms with Crippen molar-refractivity contribution in [3.8, 4) is 29.0 Å². The highest BCUT2D eigenvalue weighted by atomic mass is 32.2. The molecule has 12 nitrogen and oxygen atoms in total. The Balaban J connectivity index is 1.56. The predicted molar refractivity (Wildman–Crippen MR) is 168 cm³/mol. The zero-order valence-corrected chi connectivity index (χ0v) is 26.3. The van der Waals surface area contributed by atoms with Crippen LogP contribution in [0.3, 0.4) is 0 Å². The molecule has 2 heterocycles. The number of ether oxygens (including phenoxy) is 5. The molecule has 1 fully saturated rings. The van der Waals surface area contributed by atoms with Crippen molar-refractivity contribution in [2.45, 2.75) is 16.7 Å². The fourth-order valence-electron chi connectivity index (χ4n) is 4.44. The highest BCUT2D eigenvalue weighted by Gasteiger charge is 2.27. The highest BCUT2D eigenvalue weighted by Crippen LogP contribution is 2.42. The van der Waals surface area contributed by atoms with Crippen LogP contribution in [0.1, 0.15) is 15.9 Å². The molecule has 0 unspecified atom stereocenters. The number of thiol groups is 1. The summed E-state index contributed by atoms with van der Waals surface area (Å²) in [4.78, 5) is 23.5. The Morgan fingerprint density at radius 3 is 2.44 bits per heavy atom. The number of hydrogen-bond acceptors (Lipinski definition) is 11. The van der Waals surface area contributed by atoms with Crippen molar-refractivity contribution in [2.24, 2.45) is 0 Å². The van der Waals surface area contributed by atoms with Gasteiger partial charge in [-0.25, -0.2) is 18.4 Å². The number of hydrogen-bond donors (Lipinski definition) is 2. The second-order valence-electron chi connectivity index (χ2n) is 9.84. The number of rotatable bonds is 12. The quantitative estimate of drug-likeness (QED) is 0.165. The summed E-state index contributed by atoms with van der Waals surface area (Å²) in [5.74, 6) is 0.657. The molecule has 236 valence electrons. The summed E-state index contributed by atoms with van der Waals surface area (Å²) in [6.07, 6.45) is 3.10. The van der Waals surface area contributed by atoms with Gasteiger partial charge < -0.3 is 28.6 Å². The van der Waals surface area contributed by atoms with Crippen LogP contribution in [0.5, 0.6) is 29.0 Å². The number of benzene rings is 3. The Bertz CT molecular complexity index is 1750. The number of nitrogens with one attached hydrogen (secondary N) is 1. The number of methoxy groups -OCH3 is 1. The summed E-state index contributed by atoms with van der Waals surface area (Å²) in [6, 6.07) is 16.3. The largest absolute Gasteiger partial charge is 0.497 e. The van der Waals surface area contributed by atoms with Crippen molar-refractivity contribution in [1.82, 2.24) is 14.9 Å². The van der Waals surface area contributed by atoms with Gasteiger partial charge in [-0.3, -0.25) is 9.52 Å². The zero-order chi connectivity index (χ0) is 31.8. The van der Waals surface area contributed by atoms with E-state index < -0.39 is 10.0 Å². The van der Waals surface area contributed by atoms with Gasteiger partial charge in [-0.05, 0) is 55.0 Å². The van der Waals surface area contributed by atoms with Gasteiger partial charge in [-0.15, -0.1) is 12.6 Å². The third kappa shape index (κ3) is 8.15. The van der Waals surface area contributed by atoms with Crippen molar-refractivity contribution < 1.29 is 36.9 Å². The summed E-state index contributed by atoms with van der Waals surface area (Å²) in [5.41, 5.74) is 1.01. The number of aryl methyl sites for hydroxylation is 1. The number of carbonyl (C=O) groups is 1. The number of anilines is 1. The van der Waals surface area contributed by atoms with Crippen molar-refractivity contribution in [2.75, 3.05) is 51.3 Å². The molecular weight excluding hydrogens is 620 g/mol. The first-order chi connectivity index (χ1) is 21.7. The van der Waals surface area contributed by atoms with Crippen molar-refractivity contribution >= 4 is 34.2 Å². The predicted octanol–water partition coefficient (Wildman–Crippen LogP) is 4.61. The Morgan fingerprint density at radius 1 is 0.978 bits per heavy atom. The average Bonchev–Trinajstić information content (AvgIpc) is 3.04. The maximum absolute atomic E-state index is 13.7. The topological polar surface area (TPSA) is 138 Å². The number of sulfonamides is 1. The van der Waals surface area contributed by atoms with Gasteiger partial charge in [-0.2, -0.15) is 0 Å². The normalized spacial score (nSPS) is 13.2.